The summed E-state index contributed by atoms with van der Waals surface area (Å²) in [4.78, 5) is 25.4. The molecule has 4 rings (SSSR count). The molecule has 0 aliphatic carbocycles. The Morgan fingerprint density at radius 1 is 1.35 bits per heavy atom. The van der Waals surface area contributed by atoms with Crippen LogP contribution in [0.4, 0.5) is 10.2 Å². The number of amides is 1. The van der Waals surface area contributed by atoms with E-state index < -0.39 is 32.7 Å². The SMILES string of the molecule is [2H]CC1OCC(n2cnc3c(NC(=O)c4ccccc4)ncnc32)C(F)C1OP(C)NCOCC. The summed E-state index contributed by atoms with van der Waals surface area (Å²) in [5.41, 5.74) is 1.16. The largest absolute Gasteiger partial charge is 0.373 e. The number of aromatic nitrogens is 4. The van der Waals surface area contributed by atoms with E-state index in [-0.39, 0.29) is 25.2 Å². The highest BCUT2D eigenvalue weighted by atomic mass is 31.2. The molecule has 34 heavy (non-hydrogen) atoms. The fourth-order valence-corrected chi connectivity index (χ4v) is 4.57. The molecule has 3 aromatic rings. The number of nitrogens with one attached hydrogen (secondary N) is 2. The van der Waals surface area contributed by atoms with E-state index in [1.54, 1.807) is 28.8 Å². The van der Waals surface area contributed by atoms with E-state index in [0.29, 0.717) is 30.1 Å². The van der Waals surface area contributed by atoms with Crippen molar-refractivity contribution in [2.45, 2.75) is 38.2 Å². The minimum Gasteiger partial charge on any atom is -0.373 e. The van der Waals surface area contributed by atoms with E-state index in [1.807, 2.05) is 19.7 Å². The molecule has 1 fully saturated rings. The van der Waals surface area contributed by atoms with Gasteiger partial charge >= 0.3 is 0 Å². The van der Waals surface area contributed by atoms with Crippen molar-refractivity contribution < 1.29 is 24.6 Å². The number of fused-ring (bicyclic) bond motifs is 1. The lowest BCUT2D eigenvalue weighted by Crippen LogP contribution is -2.48. The van der Waals surface area contributed by atoms with Crippen molar-refractivity contribution >= 4 is 31.2 Å². The van der Waals surface area contributed by atoms with Crippen LogP contribution >= 0.6 is 8.30 Å². The lowest BCUT2D eigenvalue weighted by Gasteiger charge is -2.38. The van der Waals surface area contributed by atoms with Crippen LogP contribution < -0.4 is 10.4 Å². The molecule has 12 heteroatoms. The fourth-order valence-electron chi connectivity index (χ4n) is 3.61. The molecule has 1 aliphatic heterocycles. The normalized spacial score (nSPS) is 24.0. The molecular formula is C22H28FN6O4P. The van der Waals surface area contributed by atoms with Crippen LogP contribution in [0.15, 0.2) is 43.0 Å². The standard InChI is InChI=1S/C22H28FN6O4P/c1-4-31-13-27-34(3)33-19-14(2)32-10-16(17(19)23)29-12-26-18-20(24-11-25-21(18)29)28-22(30)15-8-6-5-7-9-15/h5-9,11-12,14,16-17,19,27H,4,10,13H2,1-3H3,(H,24,25,28,30)/i2D. The molecular weight excluding hydrogens is 462 g/mol. The highest BCUT2D eigenvalue weighted by molar-refractivity contribution is 7.49. The molecule has 5 unspecified atom stereocenters. The minimum atomic E-state index is -1.48. The van der Waals surface area contributed by atoms with E-state index in [1.165, 1.54) is 12.7 Å². The molecule has 182 valence electrons. The Labute approximate surface area is 199 Å². The Bertz CT molecular complexity index is 1130. The van der Waals surface area contributed by atoms with Gasteiger partial charge in [0.2, 0.25) is 0 Å². The maximum absolute atomic E-state index is 15.8. The second-order valence-electron chi connectivity index (χ2n) is 7.61. The van der Waals surface area contributed by atoms with Crippen LogP contribution in [-0.2, 0) is 14.0 Å². The number of ether oxygens (including phenoxy) is 2. The van der Waals surface area contributed by atoms with E-state index in [4.69, 9.17) is 15.4 Å². The van der Waals surface area contributed by atoms with Gasteiger partial charge in [0, 0.05) is 13.5 Å². The summed E-state index contributed by atoms with van der Waals surface area (Å²) in [5.74, 6) is -0.115. The molecule has 0 spiro atoms. The Morgan fingerprint density at radius 3 is 2.94 bits per heavy atom. The van der Waals surface area contributed by atoms with Crippen molar-refractivity contribution in [3.8, 4) is 0 Å². The molecule has 1 aromatic carbocycles. The van der Waals surface area contributed by atoms with Gasteiger partial charge in [0.05, 0.1) is 25.1 Å². The first-order chi connectivity index (χ1) is 17.0. The van der Waals surface area contributed by atoms with Gasteiger partial charge in [-0.15, -0.1) is 0 Å². The summed E-state index contributed by atoms with van der Waals surface area (Å²) in [6, 6.07) is 7.94. The van der Waals surface area contributed by atoms with E-state index >= 15 is 4.39 Å². The number of carbonyl (C=O) groups excluding carboxylic acids is 1. The maximum Gasteiger partial charge on any atom is 0.256 e. The van der Waals surface area contributed by atoms with Crippen LogP contribution in [-0.4, -0.2) is 70.4 Å². The topological polar surface area (TPSA) is 112 Å². The summed E-state index contributed by atoms with van der Waals surface area (Å²) < 4.78 is 42.2. The molecule has 0 saturated carbocycles. The molecule has 0 bridgehead atoms. The Balaban J connectivity index is 1.54. The van der Waals surface area contributed by atoms with Gasteiger partial charge < -0.3 is 23.9 Å². The summed E-state index contributed by atoms with van der Waals surface area (Å²) in [7, 11) is -1.20. The minimum absolute atomic E-state index is 0.0275. The molecule has 2 aromatic heterocycles. The van der Waals surface area contributed by atoms with Gasteiger partial charge in [0.15, 0.2) is 23.2 Å². The number of carbonyl (C=O) groups is 1. The number of hydrogen-bond donors (Lipinski definition) is 2. The summed E-state index contributed by atoms with van der Waals surface area (Å²) in [5, 5.41) is 5.82. The monoisotopic (exact) mass is 491 g/mol. The van der Waals surface area contributed by atoms with Gasteiger partial charge in [0.1, 0.15) is 27.5 Å². The smallest absolute Gasteiger partial charge is 0.256 e. The Morgan fingerprint density at radius 2 is 2.18 bits per heavy atom. The highest BCUT2D eigenvalue weighted by Crippen LogP contribution is 2.38. The van der Waals surface area contributed by atoms with E-state index in [9.17, 15) is 4.79 Å². The molecule has 5 atom stereocenters. The zero-order chi connectivity index (χ0) is 24.8. The molecule has 10 nitrogen and oxygen atoms in total. The Hall–Kier alpha value is -2.56. The first-order valence-electron chi connectivity index (χ1n) is 11.5. The molecule has 1 saturated heterocycles. The van der Waals surface area contributed by atoms with Crippen LogP contribution in [0.1, 0.15) is 31.6 Å². The maximum atomic E-state index is 15.8. The van der Waals surface area contributed by atoms with E-state index in [0.717, 1.165) is 0 Å². The fraction of sp³-hybridized carbons (Fsp3) is 0.455. The van der Waals surface area contributed by atoms with Gasteiger partial charge in [-0.2, -0.15) is 0 Å². The number of alkyl halides is 1. The Kier molecular flexibility index (Phi) is 7.67. The molecule has 1 amide bonds. The van der Waals surface area contributed by atoms with Gasteiger partial charge in [-0.1, -0.05) is 18.2 Å². The quantitative estimate of drug-likeness (QED) is 0.266. The number of hydrogen-bond acceptors (Lipinski definition) is 8. The van der Waals surface area contributed by atoms with Crippen molar-refractivity contribution in [3.63, 3.8) is 0 Å². The van der Waals surface area contributed by atoms with Gasteiger partial charge in [-0.25, -0.2) is 19.3 Å². The lowest BCUT2D eigenvalue weighted by atomic mass is 10.0. The predicted molar refractivity (Wildman–Crippen MR) is 126 cm³/mol. The molecule has 2 N–H and O–H groups in total. The number of anilines is 1. The van der Waals surface area contributed by atoms with Crippen molar-refractivity contribution in [2.75, 3.05) is 31.9 Å². The first kappa shape index (κ1) is 23.2. The number of rotatable bonds is 9. The molecule has 0 radical (unpaired) electrons. The van der Waals surface area contributed by atoms with Gasteiger partial charge in [-0.05, 0) is 32.6 Å². The lowest BCUT2D eigenvalue weighted by molar-refractivity contribution is -0.114. The number of benzene rings is 1. The van der Waals surface area contributed by atoms with Crippen molar-refractivity contribution in [2.24, 2.45) is 0 Å². The summed E-state index contributed by atoms with van der Waals surface area (Å²) in [6.45, 7) is 4.43. The third-order valence-electron chi connectivity index (χ3n) is 5.39. The van der Waals surface area contributed by atoms with Crippen molar-refractivity contribution in [3.05, 3.63) is 48.5 Å². The second-order valence-corrected chi connectivity index (χ2v) is 9.13. The molecule has 3 heterocycles. The first-order valence-corrected chi connectivity index (χ1v) is 12.5. The van der Waals surface area contributed by atoms with Crippen molar-refractivity contribution in [1.29, 1.82) is 0 Å². The predicted octanol–water partition coefficient (Wildman–Crippen LogP) is 3.29. The van der Waals surface area contributed by atoms with Crippen molar-refractivity contribution in [1.82, 2.24) is 24.6 Å². The second kappa shape index (κ2) is 11.2. The molecule has 1 aliphatic rings. The zero-order valence-corrected chi connectivity index (χ0v) is 19.8. The zero-order valence-electron chi connectivity index (χ0n) is 19.9. The third-order valence-corrected chi connectivity index (χ3v) is 6.52. The number of imidazole rings is 1. The number of halogens is 1. The van der Waals surface area contributed by atoms with Crippen LogP contribution in [0.5, 0.6) is 0 Å². The average molecular weight is 491 g/mol. The van der Waals surface area contributed by atoms with Crippen LogP contribution in [0.2, 0.25) is 0 Å². The third kappa shape index (κ3) is 5.39. The van der Waals surface area contributed by atoms with Crippen LogP contribution in [0, 0.1) is 0 Å². The van der Waals surface area contributed by atoms with Gasteiger partial charge in [-0.3, -0.25) is 9.88 Å². The summed E-state index contributed by atoms with van der Waals surface area (Å²) >= 11 is 0. The number of nitrogens with zero attached hydrogens (tertiary/aromatic N) is 4. The van der Waals surface area contributed by atoms with Gasteiger partial charge in [0.25, 0.3) is 5.91 Å². The van der Waals surface area contributed by atoms with Crippen LogP contribution in [0.3, 0.4) is 0 Å². The average Bonchev–Trinajstić information content (AvgIpc) is 3.31. The highest BCUT2D eigenvalue weighted by Gasteiger charge is 2.42. The summed E-state index contributed by atoms with van der Waals surface area (Å²) in [6.07, 6.45) is -0.384. The van der Waals surface area contributed by atoms with Crippen LogP contribution in [0.25, 0.3) is 11.2 Å². The van der Waals surface area contributed by atoms with E-state index in [2.05, 4.69) is 25.4 Å².